The summed E-state index contributed by atoms with van der Waals surface area (Å²) in [7, 11) is 2.26. The molecule has 6 rings (SSSR count). The summed E-state index contributed by atoms with van der Waals surface area (Å²) in [5, 5.41) is 5.62. The summed E-state index contributed by atoms with van der Waals surface area (Å²) >= 11 is 1.91. The van der Waals surface area contributed by atoms with Gasteiger partial charge in [-0.3, -0.25) is 0 Å². The molecule has 3 aromatic carbocycles. The van der Waals surface area contributed by atoms with Crippen molar-refractivity contribution in [3.63, 3.8) is 0 Å². The molecule has 5 aromatic rings. The molecule has 0 bridgehead atoms. The summed E-state index contributed by atoms with van der Waals surface area (Å²) in [6, 6.07) is 20.6. The maximum absolute atomic E-state index is 2.46. The molecule has 0 unspecified atom stereocenters. The van der Waals surface area contributed by atoms with E-state index in [4.69, 9.17) is 0 Å². The number of hydrogen-bond donors (Lipinski definition) is 0. The molecule has 0 aliphatic heterocycles. The standard InChI is InChI=1S/C25H23NS/c1-26-22-15-24-21(18-10-5-6-13-23(18)27-24)14-20(22)19-12-7-11-17(25(19)26)16-8-3-2-4-9-16/h5-7,10-16H,2-4,8-9H2,1H3. The van der Waals surface area contributed by atoms with Crippen LogP contribution in [0.4, 0.5) is 0 Å². The van der Waals surface area contributed by atoms with E-state index in [0.717, 1.165) is 5.92 Å². The Morgan fingerprint density at radius 2 is 1.59 bits per heavy atom. The second kappa shape index (κ2) is 5.84. The van der Waals surface area contributed by atoms with Gasteiger partial charge in [-0.25, -0.2) is 0 Å². The van der Waals surface area contributed by atoms with Gasteiger partial charge in [0.1, 0.15) is 0 Å². The fraction of sp³-hybridized carbons (Fsp3) is 0.280. The molecule has 1 aliphatic carbocycles. The highest BCUT2D eigenvalue weighted by atomic mass is 32.1. The van der Waals surface area contributed by atoms with Crippen molar-refractivity contribution in [2.75, 3.05) is 0 Å². The van der Waals surface area contributed by atoms with Gasteiger partial charge in [-0.1, -0.05) is 55.7 Å². The van der Waals surface area contributed by atoms with Gasteiger partial charge < -0.3 is 4.57 Å². The molecule has 1 fully saturated rings. The molecule has 27 heavy (non-hydrogen) atoms. The smallest absolute Gasteiger partial charge is 0.0524 e. The number of rotatable bonds is 1. The Balaban J connectivity index is 1.70. The van der Waals surface area contributed by atoms with Crippen LogP contribution in [0, 0.1) is 0 Å². The minimum Gasteiger partial charge on any atom is -0.343 e. The van der Waals surface area contributed by atoms with Gasteiger partial charge in [0.25, 0.3) is 0 Å². The number of nitrogens with zero attached hydrogens (tertiary/aromatic N) is 1. The summed E-state index contributed by atoms with van der Waals surface area (Å²) in [4.78, 5) is 0. The first kappa shape index (κ1) is 15.7. The van der Waals surface area contributed by atoms with Gasteiger partial charge in [0.15, 0.2) is 0 Å². The number of benzene rings is 3. The summed E-state index contributed by atoms with van der Waals surface area (Å²) in [6.45, 7) is 0. The molecule has 0 spiro atoms. The highest BCUT2D eigenvalue weighted by Crippen LogP contribution is 2.42. The molecule has 0 N–H and O–H groups in total. The zero-order valence-corrected chi connectivity index (χ0v) is 16.5. The first-order valence-corrected chi connectivity index (χ1v) is 11.0. The van der Waals surface area contributed by atoms with Crippen molar-refractivity contribution < 1.29 is 0 Å². The Labute approximate surface area is 163 Å². The lowest BCUT2D eigenvalue weighted by Gasteiger charge is -2.23. The zero-order valence-electron chi connectivity index (χ0n) is 15.7. The fourth-order valence-corrected chi connectivity index (χ4v) is 6.39. The van der Waals surface area contributed by atoms with E-state index in [1.807, 2.05) is 11.3 Å². The van der Waals surface area contributed by atoms with Crippen LogP contribution >= 0.6 is 11.3 Å². The lowest BCUT2D eigenvalue weighted by molar-refractivity contribution is 0.445. The lowest BCUT2D eigenvalue weighted by atomic mass is 9.83. The first-order valence-electron chi connectivity index (χ1n) is 10.1. The molecule has 1 aliphatic rings. The molecule has 0 amide bonds. The van der Waals surface area contributed by atoms with Crippen LogP contribution in [0.2, 0.25) is 0 Å². The van der Waals surface area contributed by atoms with Gasteiger partial charge in [-0.15, -0.1) is 11.3 Å². The largest absolute Gasteiger partial charge is 0.343 e. The minimum absolute atomic E-state index is 0.729. The van der Waals surface area contributed by atoms with Gasteiger partial charge >= 0.3 is 0 Å². The molecule has 0 atom stereocenters. The van der Waals surface area contributed by atoms with E-state index in [0.29, 0.717) is 0 Å². The van der Waals surface area contributed by atoms with Crippen LogP contribution in [0.3, 0.4) is 0 Å². The Kier molecular flexibility index (Phi) is 3.40. The minimum atomic E-state index is 0.729. The first-order chi connectivity index (χ1) is 13.3. The van der Waals surface area contributed by atoms with Crippen molar-refractivity contribution in [1.29, 1.82) is 0 Å². The van der Waals surface area contributed by atoms with Crippen LogP contribution in [-0.2, 0) is 7.05 Å². The molecular formula is C25H23NS. The quantitative estimate of drug-likeness (QED) is 0.285. The van der Waals surface area contributed by atoms with Crippen molar-refractivity contribution in [1.82, 2.24) is 4.57 Å². The van der Waals surface area contributed by atoms with E-state index in [1.54, 1.807) is 5.56 Å². The average Bonchev–Trinajstić information content (AvgIpc) is 3.23. The Hall–Kier alpha value is -2.32. The molecule has 0 radical (unpaired) electrons. The van der Waals surface area contributed by atoms with Crippen LogP contribution in [0.25, 0.3) is 42.0 Å². The van der Waals surface area contributed by atoms with Gasteiger partial charge in [0.2, 0.25) is 0 Å². The zero-order chi connectivity index (χ0) is 18.0. The Morgan fingerprint density at radius 1 is 0.778 bits per heavy atom. The molecule has 2 heterocycles. The predicted octanol–water partition coefficient (Wildman–Crippen LogP) is 7.75. The van der Waals surface area contributed by atoms with Gasteiger partial charge in [-0.2, -0.15) is 0 Å². The molecule has 2 aromatic heterocycles. The molecule has 134 valence electrons. The van der Waals surface area contributed by atoms with Crippen LogP contribution in [0.5, 0.6) is 0 Å². The molecule has 1 nitrogen and oxygen atoms in total. The number of hydrogen-bond acceptors (Lipinski definition) is 1. The molecular weight excluding hydrogens is 346 g/mol. The number of aromatic nitrogens is 1. The van der Waals surface area contributed by atoms with Crippen LogP contribution < -0.4 is 0 Å². The molecule has 1 saturated carbocycles. The van der Waals surface area contributed by atoms with Crippen molar-refractivity contribution in [2.45, 2.75) is 38.0 Å². The van der Waals surface area contributed by atoms with E-state index in [2.05, 4.69) is 66.2 Å². The van der Waals surface area contributed by atoms with E-state index in [1.165, 1.54) is 74.1 Å². The highest BCUT2D eigenvalue weighted by molar-refractivity contribution is 7.25. The number of aryl methyl sites for hydroxylation is 1. The van der Waals surface area contributed by atoms with Gasteiger partial charge in [0.05, 0.1) is 11.0 Å². The second-order valence-electron chi connectivity index (χ2n) is 8.10. The predicted molar refractivity (Wildman–Crippen MR) is 119 cm³/mol. The fourth-order valence-electron chi connectivity index (χ4n) is 5.27. The van der Waals surface area contributed by atoms with E-state index in [9.17, 15) is 0 Å². The third-order valence-electron chi connectivity index (χ3n) is 6.59. The van der Waals surface area contributed by atoms with Crippen molar-refractivity contribution in [3.8, 4) is 0 Å². The van der Waals surface area contributed by atoms with Crippen LogP contribution in [-0.4, -0.2) is 4.57 Å². The maximum Gasteiger partial charge on any atom is 0.0524 e. The van der Waals surface area contributed by atoms with E-state index < -0.39 is 0 Å². The van der Waals surface area contributed by atoms with Crippen LogP contribution in [0.1, 0.15) is 43.6 Å². The highest BCUT2D eigenvalue weighted by Gasteiger charge is 2.21. The van der Waals surface area contributed by atoms with Crippen molar-refractivity contribution in [3.05, 3.63) is 60.2 Å². The Morgan fingerprint density at radius 3 is 2.48 bits per heavy atom. The summed E-state index contributed by atoms with van der Waals surface area (Å²) < 4.78 is 5.24. The topological polar surface area (TPSA) is 4.93 Å². The van der Waals surface area contributed by atoms with E-state index >= 15 is 0 Å². The van der Waals surface area contributed by atoms with Crippen molar-refractivity contribution in [2.24, 2.45) is 7.05 Å². The number of thiophene rings is 1. The summed E-state index contributed by atoms with van der Waals surface area (Å²) in [5.41, 5.74) is 4.40. The van der Waals surface area contributed by atoms with Crippen molar-refractivity contribution >= 4 is 53.3 Å². The van der Waals surface area contributed by atoms with Crippen LogP contribution in [0.15, 0.2) is 54.6 Å². The lowest BCUT2D eigenvalue weighted by Crippen LogP contribution is -2.06. The number of para-hydroxylation sites is 1. The second-order valence-corrected chi connectivity index (χ2v) is 9.18. The van der Waals surface area contributed by atoms with Gasteiger partial charge in [0, 0.05) is 38.0 Å². The SMILES string of the molecule is Cn1c2cc3sc4ccccc4c3cc2c2cccc(C3CCCCC3)c21. The summed E-state index contributed by atoms with van der Waals surface area (Å²) in [6.07, 6.45) is 6.87. The third-order valence-corrected chi connectivity index (χ3v) is 7.73. The van der Waals surface area contributed by atoms with Gasteiger partial charge in [-0.05, 0) is 42.5 Å². The third kappa shape index (κ3) is 2.23. The number of fused-ring (bicyclic) bond motifs is 6. The normalized spacial score (nSPS) is 16.2. The average molecular weight is 370 g/mol. The summed E-state index contributed by atoms with van der Waals surface area (Å²) in [5.74, 6) is 0.729. The molecule has 2 heteroatoms. The maximum atomic E-state index is 2.46. The molecule has 0 saturated heterocycles. The van der Waals surface area contributed by atoms with E-state index in [-0.39, 0.29) is 0 Å². The Bertz CT molecular complexity index is 1310. The monoisotopic (exact) mass is 369 g/mol.